The van der Waals surface area contributed by atoms with Gasteiger partial charge in [-0.15, -0.1) is 0 Å². The second-order valence-corrected chi connectivity index (χ2v) is 4.64. The summed E-state index contributed by atoms with van der Waals surface area (Å²) in [4.78, 5) is 8.02. The smallest absolute Gasteiger partial charge is 0.216 e. The molecule has 1 aromatic heterocycles. The maximum atomic E-state index is 5.63. The quantitative estimate of drug-likeness (QED) is 0.650. The first kappa shape index (κ1) is 13.1. The Morgan fingerprint density at radius 2 is 2.16 bits per heavy atom. The summed E-state index contributed by atoms with van der Waals surface area (Å²) >= 11 is 0. The molecule has 0 atom stereocenters. The first-order valence-corrected chi connectivity index (χ1v) is 6.16. The van der Waals surface area contributed by atoms with Crippen LogP contribution >= 0.6 is 0 Å². The van der Waals surface area contributed by atoms with Crippen molar-refractivity contribution in [1.82, 2.24) is 4.98 Å². The van der Waals surface area contributed by atoms with Gasteiger partial charge < -0.3 is 15.9 Å². The molecule has 0 bridgehead atoms. The molecule has 5 heteroatoms. The van der Waals surface area contributed by atoms with Crippen LogP contribution in [0.3, 0.4) is 0 Å². The summed E-state index contributed by atoms with van der Waals surface area (Å²) in [6, 6.07) is 8.22. The fourth-order valence-electron chi connectivity index (χ4n) is 1.73. The number of hydrogen-bond donors (Lipinski definition) is 2. The second kappa shape index (κ2) is 5.56. The summed E-state index contributed by atoms with van der Waals surface area (Å²) < 4.78 is 5.63. The van der Waals surface area contributed by atoms with E-state index in [2.05, 4.69) is 36.0 Å². The van der Waals surface area contributed by atoms with Gasteiger partial charge in [-0.3, -0.25) is 0 Å². The molecule has 0 spiro atoms. The molecule has 2 rings (SSSR count). The first-order valence-electron chi connectivity index (χ1n) is 6.16. The molecule has 1 aromatic carbocycles. The summed E-state index contributed by atoms with van der Waals surface area (Å²) in [5.74, 6) is 1.73. The van der Waals surface area contributed by atoms with Crippen molar-refractivity contribution in [2.24, 2.45) is 16.5 Å². The average molecular weight is 258 g/mol. The molecule has 2 aromatic rings. The lowest BCUT2D eigenvalue weighted by atomic mass is 10.0. The molecule has 0 aliphatic heterocycles. The van der Waals surface area contributed by atoms with Gasteiger partial charge in [-0.2, -0.15) is 0 Å². The lowest BCUT2D eigenvalue weighted by Gasteiger charge is -2.06. The van der Waals surface area contributed by atoms with E-state index in [4.69, 9.17) is 15.9 Å². The molecule has 0 amide bonds. The molecular formula is C14H18N4O. The Kier molecular flexibility index (Phi) is 3.85. The summed E-state index contributed by atoms with van der Waals surface area (Å²) in [6.07, 6.45) is 1.69. The molecule has 0 unspecified atom stereocenters. The highest BCUT2D eigenvalue weighted by Gasteiger charge is 2.07. The van der Waals surface area contributed by atoms with Crippen LogP contribution in [0.25, 0.3) is 11.3 Å². The van der Waals surface area contributed by atoms with Crippen molar-refractivity contribution in [2.75, 3.05) is 0 Å². The van der Waals surface area contributed by atoms with E-state index in [1.807, 2.05) is 12.1 Å². The highest BCUT2D eigenvalue weighted by molar-refractivity contribution is 5.75. The highest BCUT2D eigenvalue weighted by atomic mass is 16.4. The van der Waals surface area contributed by atoms with E-state index in [1.54, 1.807) is 6.20 Å². The van der Waals surface area contributed by atoms with Gasteiger partial charge in [-0.1, -0.05) is 32.0 Å². The summed E-state index contributed by atoms with van der Waals surface area (Å²) in [6.45, 7) is 4.57. The SMILES string of the molecule is CC(C)c1cccc(-c2cnc(CN=C(N)N)o2)c1. The number of nitrogens with two attached hydrogens (primary N) is 2. The minimum Gasteiger partial charge on any atom is -0.439 e. The van der Waals surface area contributed by atoms with Gasteiger partial charge in [0.25, 0.3) is 0 Å². The third-order valence-corrected chi connectivity index (χ3v) is 2.79. The Hall–Kier alpha value is -2.30. The Labute approximate surface area is 112 Å². The first-order chi connectivity index (χ1) is 9.06. The maximum Gasteiger partial charge on any atom is 0.216 e. The minimum absolute atomic E-state index is 0.0292. The Balaban J connectivity index is 2.23. The van der Waals surface area contributed by atoms with Crippen molar-refractivity contribution in [1.29, 1.82) is 0 Å². The normalized spacial score (nSPS) is 10.7. The lowest BCUT2D eigenvalue weighted by Crippen LogP contribution is -2.22. The van der Waals surface area contributed by atoms with E-state index in [0.717, 1.165) is 11.3 Å². The van der Waals surface area contributed by atoms with Crippen LogP contribution < -0.4 is 11.5 Å². The number of hydrogen-bond acceptors (Lipinski definition) is 3. The molecule has 0 radical (unpaired) electrons. The number of oxazole rings is 1. The van der Waals surface area contributed by atoms with E-state index in [1.165, 1.54) is 5.56 Å². The van der Waals surface area contributed by atoms with Crippen LogP contribution in [0, 0.1) is 0 Å². The fourth-order valence-corrected chi connectivity index (χ4v) is 1.73. The van der Waals surface area contributed by atoms with Gasteiger partial charge in [-0.05, 0) is 17.5 Å². The van der Waals surface area contributed by atoms with Crippen LogP contribution in [0.4, 0.5) is 0 Å². The van der Waals surface area contributed by atoms with Gasteiger partial charge in [0.2, 0.25) is 5.89 Å². The van der Waals surface area contributed by atoms with Crippen LogP contribution in [0.15, 0.2) is 39.9 Å². The van der Waals surface area contributed by atoms with Crippen molar-refractivity contribution >= 4 is 5.96 Å². The Morgan fingerprint density at radius 3 is 2.84 bits per heavy atom. The number of aliphatic imine (C=N–C) groups is 1. The van der Waals surface area contributed by atoms with Gasteiger partial charge >= 0.3 is 0 Å². The molecule has 0 fully saturated rings. The van der Waals surface area contributed by atoms with E-state index in [0.29, 0.717) is 11.8 Å². The Morgan fingerprint density at radius 1 is 1.37 bits per heavy atom. The molecule has 0 aliphatic carbocycles. The van der Waals surface area contributed by atoms with Gasteiger partial charge in [-0.25, -0.2) is 9.98 Å². The summed E-state index contributed by atoms with van der Waals surface area (Å²) in [5.41, 5.74) is 12.8. The van der Waals surface area contributed by atoms with Crippen molar-refractivity contribution in [3.8, 4) is 11.3 Å². The van der Waals surface area contributed by atoms with E-state index >= 15 is 0 Å². The number of guanidine groups is 1. The molecule has 0 aliphatic rings. The zero-order valence-corrected chi connectivity index (χ0v) is 11.1. The van der Waals surface area contributed by atoms with E-state index < -0.39 is 0 Å². The van der Waals surface area contributed by atoms with Gasteiger partial charge in [0.05, 0.1) is 6.20 Å². The predicted molar refractivity (Wildman–Crippen MR) is 75.5 cm³/mol. The maximum absolute atomic E-state index is 5.63. The summed E-state index contributed by atoms with van der Waals surface area (Å²) in [7, 11) is 0. The lowest BCUT2D eigenvalue weighted by molar-refractivity contribution is 0.510. The minimum atomic E-state index is 0.0292. The number of aromatic nitrogens is 1. The fraction of sp³-hybridized carbons (Fsp3) is 0.286. The van der Waals surface area contributed by atoms with Crippen molar-refractivity contribution in [2.45, 2.75) is 26.3 Å². The standard InChI is InChI=1S/C14H18N4O/c1-9(2)10-4-3-5-11(6-10)12-7-17-13(19-12)8-18-14(15)16/h3-7,9H,8H2,1-2H3,(H4,15,16,18). The highest BCUT2D eigenvalue weighted by Crippen LogP contribution is 2.24. The molecule has 100 valence electrons. The molecule has 4 N–H and O–H groups in total. The van der Waals surface area contributed by atoms with Crippen LogP contribution in [0.2, 0.25) is 0 Å². The van der Waals surface area contributed by atoms with Gasteiger partial charge in [0.15, 0.2) is 11.7 Å². The topological polar surface area (TPSA) is 90.4 Å². The Bertz CT molecular complexity index is 583. The second-order valence-electron chi connectivity index (χ2n) is 4.64. The molecule has 5 nitrogen and oxygen atoms in total. The number of rotatable bonds is 4. The van der Waals surface area contributed by atoms with Crippen molar-refractivity contribution in [3.63, 3.8) is 0 Å². The average Bonchev–Trinajstić information content (AvgIpc) is 2.85. The summed E-state index contributed by atoms with van der Waals surface area (Å²) in [5, 5.41) is 0. The zero-order chi connectivity index (χ0) is 13.8. The molecule has 0 saturated heterocycles. The van der Waals surface area contributed by atoms with Crippen LogP contribution in [0.1, 0.15) is 31.2 Å². The molecular weight excluding hydrogens is 240 g/mol. The van der Waals surface area contributed by atoms with Gasteiger partial charge in [0, 0.05) is 5.56 Å². The van der Waals surface area contributed by atoms with Crippen LogP contribution in [-0.4, -0.2) is 10.9 Å². The molecule has 19 heavy (non-hydrogen) atoms. The third-order valence-electron chi connectivity index (χ3n) is 2.79. The van der Waals surface area contributed by atoms with Gasteiger partial charge in [0.1, 0.15) is 6.54 Å². The van der Waals surface area contributed by atoms with Crippen LogP contribution in [0.5, 0.6) is 0 Å². The number of nitrogens with zero attached hydrogens (tertiary/aromatic N) is 2. The zero-order valence-electron chi connectivity index (χ0n) is 11.1. The van der Waals surface area contributed by atoms with E-state index in [-0.39, 0.29) is 12.5 Å². The number of benzene rings is 1. The largest absolute Gasteiger partial charge is 0.439 e. The molecule has 0 saturated carbocycles. The predicted octanol–water partition coefficient (Wildman–Crippen LogP) is 2.24. The van der Waals surface area contributed by atoms with Crippen molar-refractivity contribution in [3.05, 3.63) is 41.9 Å². The monoisotopic (exact) mass is 258 g/mol. The van der Waals surface area contributed by atoms with Crippen LogP contribution in [-0.2, 0) is 6.54 Å². The third kappa shape index (κ3) is 3.34. The van der Waals surface area contributed by atoms with E-state index in [9.17, 15) is 0 Å². The van der Waals surface area contributed by atoms with Crippen molar-refractivity contribution < 1.29 is 4.42 Å². The molecule has 1 heterocycles.